The predicted molar refractivity (Wildman–Crippen MR) is 73.9 cm³/mol. The molecule has 0 atom stereocenters. The molecule has 0 bridgehead atoms. The van der Waals surface area contributed by atoms with Crippen LogP contribution < -0.4 is 10.1 Å². The number of esters is 2. The molecule has 0 heterocycles. The fourth-order valence-corrected chi connectivity index (χ4v) is 1.59. The number of alkyl halides is 3. The Kier molecular flexibility index (Phi) is 6.26. The number of carbonyl (C=O) groups excluding carboxylic acids is 2. The van der Waals surface area contributed by atoms with E-state index in [1.807, 2.05) is 0 Å². The number of benzene rings is 1. The fourth-order valence-electron chi connectivity index (χ4n) is 1.37. The monoisotopic (exact) mass is 353 g/mol. The van der Waals surface area contributed by atoms with Crippen LogP contribution >= 0.6 is 11.6 Å². The molecule has 0 radical (unpaired) electrons. The Hall–Kier alpha value is -2.42. The van der Waals surface area contributed by atoms with Crippen molar-refractivity contribution in [3.63, 3.8) is 0 Å². The minimum absolute atomic E-state index is 0.0572. The third-order valence-electron chi connectivity index (χ3n) is 2.31. The predicted octanol–water partition coefficient (Wildman–Crippen LogP) is 2.88. The third kappa shape index (κ3) is 6.07. The molecule has 126 valence electrons. The molecule has 23 heavy (non-hydrogen) atoms. The summed E-state index contributed by atoms with van der Waals surface area (Å²) < 4.78 is 48.9. The third-order valence-corrected chi connectivity index (χ3v) is 2.62. The summed E-state index contributed by atoms with van der Waals surface area (Å²) in [4.78, 5) is 22.8. The molecule has 0 saturated carbocycles. The molecule has 0 aliphatic rings. The summed E-state index contributed by atoms with van der Waals surface area (Å²) in [6, 6.07) is 3.01. The summed E-state index contributed by atoms with van der Waals surface area (Å²) in [6.07, 6.45) is -4.05. The van der Waals surface area contributed by atoms with Gasteiger partial charge in [-0.25, -0.2) is 9.59 Å². The molecule has 0 aliphatic heterocycles. The Labute approximate surface area is 133 Å². The lowest BCUT2D eigenvalue weighted by Crippen LogP contribution is -2.17. The van der Waals surface area contributed by atoms with Gasteiger partial charge >= 0.3 is 18.3 Å². The first-order valence-electron chi connectivity index (χ1n) is 5.86. The zero-order valence-electron chi connectivity index (χ0n) is 11.9. The summed E-state index contributed by atoms with van der Waals surface area (Å²) >= 11 is 5.82. The smallest absolute Gasteiger partial charge is 0.466 e. The Morgan fingerprint density at radius 1 is 1.22 bits per heavy atom. The maximum Gasteiger partial charge on any atom is 0.573 e. The number of ether oxygens (including phenoxy) is 3. The van der Waals surface area contributed by atoms with Gasteiger partial charge in [-0.2, -0.15) is 0 Å². The van der Waals surface area contributed by atoms with E-state index in [2.05, 4.69) is 19.5 Å². The molecule has 10 heteroatoms. The molecule has 0 aromatic heterocycles. The molecule has 1 aromatic carbocycles. The Morgan fingerprint density at radius 3 is 2.35 bits per heavy atom. The Bertz CT molecular complexity index is 631. The van der Waals surface area contributed by atoms with Gasteiger partial charge in [0.1, 0.15) is 11.4 Å². The number of halogens is 4. The first kappa shape index (κ1) is 18.6. The van der Waals surface area contributed by atoms with Gasteiger partial charge in [-0.15, -0.1) is 13.2 Å². The average molecular weight is 354 g/mol. The van der Waals surface area contributed by atoms with Crippen molar-refractivity contribution in [1.82, 2.24) is 0 Å². The van der Waals surface area contributed by atoms with Crippen LogP contribution in [0.2, 0.25) is 5.02 Å². The van der Waals surface area contributed by atoms with Crippen LogP contribution in [0.5, 0.6) is 5.75 Å². The van der Waals surface area contributed by atoms with E-state index in [0.29, 0.717) is 0 Å². The van der Waals surface area contributed by atoms with Crippen molar-refractivity contribution < 1.29 is 37.0 Å². The lowest BCUT2D eigenvalue weighted by Gasteiger charge is -2.13. The van der Waals surface area contributed by atoms with E-state index in [1.54, 1.807) is 0 Å². The molecule has 0 spiro atoms. The van der Waals surface area contributed by atoms with E-state index in [1.165, 1.54) is 0 Å². The second-order valence-corrected chi connectivity index (χ2v) is 4.29. The summed E-state index contributed by atoms with van der Waals surface area (Å²) in [5.41, 5.74) is -0.257. The number of rotatable bonds is 5. The number of carbonyl (C=O) groups is 2. The fraction of sp³-hybridized carbons (Fsp3) is 0.231. The summed E-state index contributed by atoms with van der Waals surface area (Å²) in [7, 11) is 2.18. The van der Waals surface area contributed by atoms with E-state index in [0.717, 1.165) is 38.5 Å². The van der Waals surface area contributed by atoms with Gasteiger partial charge in [0, 0.05) is 6.07 Å². The summed E-state index contributed by atoms with van der Waals surface area (Å²) in [5, 5.41) is 2.30. The van der Waals surface area contributed by atoms with Crippen LogP contribution in [0.3, 0.4) is 0 Å². The molecule has 0 aliphatic carbocycles. The van der Waals surface area contributed by atoms with Crippen LogP contribution in [0.4, 0.5) is 18.9 Å². The first-order chi connectivity index (χ1) is 10.7. The van der Waals surface area contributed by atoms with Crippen LogP contribution in [0, 0.1) is 0 Å². The number of hydrogen-bond acceptors (Lipinski definition) is 6. The molecule has 1 aromatic rings. The van der Waals surface area contributed by atoms with Gasteiger partial charge in [0.2, 0.25) is 0 Å². The van der Waals surface area contributed by atoms with Crippen molar-refractivity contribution in [3.8, 4) is 5.75 Å². The van der Waals surface area contributed by atoms with Gasteiger partial charge in [0.25, 0.3) is 0 Å². The SMILES string of the molecule is COC(=O)/C=C(/Nc1ccc(OC(F)(F)F)cc1Cl)C(=O)OC. The molecular weight excluding hydrogens is 343 g/mol. The van der Waals surface area contributed by atoms with Crippen molar-refractivity contribution >= 4 is 29.2 Å². The van der Waals surface area contributed by atoms with Crippen LogP contribution in [-0.2, 0) is 19.1 Å². The molecule has 0 amide bonds. The highest BCUT2D eigenvalue weighted by atomic mass is 35.5. The van der Waals surface area contributed by atoms with E-state index in [9.17, 15) is 22.8 Å². The second-order valence-electron chi connectivity index (χ2n) is 3.89. The quantitative estimate of drug-likeness (QED) is 0.648. The zero-order chi connectivity index (χ0) is 17.6. The molecule has 0 unspecified atom stereocenters. The number of nitrogens with one attached hydrogen (secondary N) is 1. The van der Waals surface area contributed by atoms with Crippen LogP contribution in [0.1, 0.15) is 0 Å². The van der Waals surface area contributed by atoms with Gasteiger partial charge in [-0.05, 0) is 12.1 Å². The van der Waals surface area contributed by atoms with E-state index in [4.69, 9.17) is 11.6 Å². The molecule has 0 saturated heterocycles. The zero-order valence-corrected chi connectivity index (χ0v) is 12.6. The average Bonchev–Trinajstić information content (AvgIpc) is 2.46. The van der Waals surface area contributed by atoms with Gasteiger partial charge in [0.15, 0.2) is 0 Å². The number of hydrogen-bond donors (Lipinski definition) is 1. The Balaban J connectivity index is 3.03. The minimum Gasteiger partial charge on any atom is -0.466 e. The Morgan fingerprint density at radius 2 is 1.87 bits per heavy atom. The first-order valence-corrected chi connectivity index (χ1v) is 6.24. The van der Waals surface area contributed by atoms with E-state index >= 15 is 0 Å². The number of methoxy groups -OCH3 is 2. The summed E-state index contributed by atoms with van der Waals surface area (Å²) in [5.74, 6) is -2.28. The van der Waals surface area contributed by atoms with Crippen LogP contribution in [-0.4, -0.2) is 32.5 Å². The largest absolute Gasteiger partial charge is 0.573 e. The minimum atomic E-state index is -4.86. The molecular formula is C13H11ClF3NO5. The van der Waals surface area contributed by atoms with Gasteiger partial charge in [-0.3, -0.25) is 0 Å². The molecule has 1 rings (SSSR count). The highest BCUT2D eigenvalue weighted by Crippen LogP contribution is 2.31. The maximum atomic E-state index is 12.1. The van der Waals surface area contributed by atoms with Gasteiger partial charge in [-0.1, -0.05) is 11.6 Å². The molecule has 1 N–H and O–H groups in total. The van der Waals surface area contributed by atoms with Crippen molar-refractivity contribution in [2.75, 3.05) is 19.5 Å². The van der Waals surface area contributed by atoms with E-state index in [-0.39, 0.29) is 16.4 Å². The van der Waals surface area contributed by atoms with Crippen molar-refractivity contribution in [3.05, 3.63) is 35.0 Å². The topological polar surface area (TPSA) is 73.9 Å². The summed E-state index contributed by atoms with van der Waals surface area (Å²) in [6.45, 7) is 0. The lowest BCUT2D eigenvalue weighted by atomic mass is 10.2. The van der Waals surface area contributed by atoms with Crippen molar-refractivity contribution in [2.45, 2.75) is 6.36 Å². The van der Waals surface area contributed by atoms with Crippen molar-refractivity contribution in [2.24, 2.45) is 0 Å². The van der Waals surface area contributed by atoms with E-state index < -0.39 is 24.1 Å². The van der Waals surface area contributed by atoms with Crippen LogP contribution in [0.25, 0.3) is 0 Å². The van der Waals surface area contributed by atoms with Crippen molar-refractivity contribution in [1.29, 1.82) is 0 Å². The van der Waals surface area contributed by atoms with Crippen LogP contribution in [0.15, 0.2) is 30.0 Å². The molecule has 6 nitrogen and oxygen atoms in total. The maximum absolute atomic E-state index is 12.1. The highest BCUT2D eigenvalue weighted by molar-refractivity contribution is 6.33. The standard InChI is InChI=1S/C13H11ClF3NO5/c1-21-11(19)6-10(12(20)22-2)18-9-4-3-7(5-8(9)14)23-13(15,16)17/h3-6,18H,1-2H3/b10-6+. The lowest BCUT2D eigenvalue weighted by molar-refractivity contribution is -0.274. The number of anilines is 1. The second kappa shape index (κ2) is 7.73. The van der Waals surface area contributed by atoms with Gasteiger partial charge in [0.05, 0.1) is 31.0 Å². The highest BCUT2D eigenvalue weighted by Gasteiger charge is 2.31. The normalized spacial score (nSPS) is 11.7. The van der Waals surface area contributed by atoms with Gasteiger partial charge < -0.3 is 19.5 Å². The molecule has 0 fully saturated rings.